The lowest BCUT2D eigenvalue weighted by Gasteiger charge is -2.24. The molecule has 1 saturated heterocycles. The molecular weight excluding hydrogens is 458 g/mol. The van der Waals surface area contributed by atoms with Crippen LogP contribution in [0.5, 0.6) is 0 Å². The Labute approximate surface area is 202 Å². The molecule has 186 valence electrons. The van der Waals surface area contributed by atoms with Crippen LogP contribution in [-0.2, 0) is 20.8 Å². The quantitative estimate of drug-likeness (QED) is 0.283. The first-order valence-electron chi connectivity index (χ1n) is 10.9. The maximum atomic E-state index is 12.7. The smallest absolute Gasteiger partial charge is 0.410 e. The lowest BCUT2D eigenvalue weighted by atomic mass is 10.2. The van der Waals surface area contributed by atoms with Gasteiger partial charge in [0, 0.05) is 18.7 Å². The average Bonchev–Trinajstić information content (AvgIpc) is 3.19. The summed E-state index contributed by atoms with van der Waals surface area (Å²) < 4.78 is 16.2. The van der Waals surface area contributed by atoms with Crippen LogP contribution in [0.3, 0.4) is 0 Å². The first-order valence-corrected chi connectivity index (χ1v) is 10.9. The van der Waals surface area contributed by atoms with Gasteiger partial charge in [-0.1, -0.05) is 30.3 Å². The number of nitrogens with zero attached hydrogens (tertiary/aromatic N) is 2. The van der Waals surface area contributed by atoms with E-state index in [-0.39, 0.29) is 30.9 Å². The molecule has 0 saturated carbocycles. The molecule has 2 aromatic rings. The Hall–Kier alpha value is -4.15. The summed E-state index contributed by atoms with van der Waals surface area (Å²) in [7, 11) is 0. The summed E-state index contributed by atoms with van der Waals surface area (Å²) in [5.41, 5.74) is -0.0103. The monoisotopic (exact) mass is 485 g/mol. The minimum atomic E-state index is -0.894. The molecule has 1 N–H and O–H groups in total. The number of hydrogen-bond acceptors (Lipinski definition) is 8. The third kappa shape index (κ3) is 7.42. The molecule has 0 unspecified atom stereocenters. The van der Waals surface area contributed by atoms with Gasteiger partial charge in [0.1, 0.15) is 18.3 Å². The fourth-order valence-corrected chi connectivity index (χ4v) is 3.35. The number of nitro groups is 1. The molecule has 0 aromatic heterocycles. The summed E-state index contributed by atoms with van der Waals surface area (Å²) in [5, 5.41) is 13.5. The van der Waals surface area contributed by atoms with Crippen molar-refractivity contribution in [3.8, 4) is 0 Å². The maximum Gasteiger partial charge on any atom is 0.410 e. The van der Waals surface area contributed by atoms with E-state index in [9.17, 15) is 24.5 Å². The normalized spacial score (nSPS) is 17.4. The number of non-ortho nitro benzene ring substituents is 1. The Morgan fingerprint density at radius 1 is 1.06 bits per heavy atom. The van der Waals surface area contributed by atoms with Crippen LogP contribution in [-0.4, -0.2) is 58.8 Å². The van der Waals surface area contributed by atoms with Crippen LogP contribution in [0.2, 0.25) is 0 Å². The number of hydrogen-bond donors (Lipinski definition) is 1. The highest BCUT2D eigenvalue weighted by Gasteiger charge is 2.40. The third-order valence-electron chi connectivity index (χ3n) is 5.01. The SMILES string of the molecule is CC(C)(C)OC(=O)N1C[C@@H](NC(=O)OCc2ccccc2)[C@H](OC(=O)c2ccc([N+](=O)[O-])cc2)C1. The fraction of sp³-hybridized carbons (Fsp3) is 0.375. The van der Waals surface area contributed by atoms with Crippen LogP contribution in [0, 0.1) is 10.1 Å². The van der Waals surface area contributed by atoms with Gasteiger partial charge >= 0.3 is 18.2 Å². The van der Waals surface area contributed by atoms with E-state index in [1.807, 2.05) is 30.3 Å². The van der Waals surface area contributed by atoms with Crippen molar-refractivity contribution in [2.45, 2.75) is 45.1 Å². The van der Waals surface area contributed by atoms with Gasteiger partial charge < -0.3 is 24.4 Å². The first kappa shape index (κ1) is 25.5. The van der Waals surface area contributed by atoms with E-state index in [0.29, 0.717) is 0 Å². The second-order valence-corrected chi connectivity index (χ2v) is 8.95. The number of esters is 1. The van der Waals surface area contributed by atoms with Gasteiger partial charge in [0.2, 0.25) is 0 Å². The molecule has 2 amide bonds. The van der Waals surface area contributed by atoms with Gasteiger partial charge in [0.25, 0.3) is 5.69 Å². The van der Waals surface area contributed by atoms with Crippen molar-refractivity contribution < 1.29 is 33.5 Å². The summed E-state index contributed by atoms with van der Waals surface area (Å²) in [4.78, 5) is 49.2. The van der Waals surface area contributed by atoms with Crippen LogP contribution >= 0.6 is 0 Å². The standard InChI is InChI=1S/C24H27N3O8/c1-24(2,3)35-23(30)26-13-19(25-22(29)33-15-16-7-5-4-6-8-16)20(14-26)34-21(28)17-9-11-18(12-10-17)27(31)32/h4-12,19-20H,13-15H2,1-3H3,(H,25,29)/t19-,20-/m1/s1. The Morgan fingerprint density at radius 3 is 2.31 bits per heavy atom. The van der Waals surface area contributed by atoms with E-state index in [2.05, 4.69) is 5.32 Å². The molecule has 3 rings (SSSR count). The second-order valence-electron chi connectivity index (χ2n) is 8.95. The molecule has 11 heteroatoms. The lowest BCUT2D eigenvalue weighted by molar-refractivity contribution is -0.384. The lowest BCUT2D eigenvalue weighted by Crippen LogP contribution is -2.45. The van der Waals surface area contributed by atoms with Crippen molar-refractivity contribution >= 4 is 23.8 Å². The number of amides is 2. The number of ether oxygens (including phenoxy) is 3. The summed E-state index contributed by atoms with van der Waals surface area (Å²) in [5.74, 6) is -0.750. The molecular formula is C24H27N3O8. The van der Waals surface area contributed by atoms with E-state index in [1.165, 1.54) is 29.2 Å². The predicted molar refractivity (Wildman–Crippen MR) is 124 cm³/mol. The largest absolute Gasteiger partial charge is 0.455 e. The first-order chi connectivity index (χ1) is 16.5. The molecule has 0 radical (unpaired) electrons. The van der Waals surface area contributed by atoms with Crippen LogP contribution < -0.4 is 5.32 Å². The highest BCUT2D eigenvalue weighted by molar-refractivity contribution is 5.90. The molecule has 1 aliphatic heterocycles. The maximum absolute atomic E-state index is 12.7. The van der Waals surface area contributed by atoms with Crippen LogP contribution in [0.1, 0.15) is 36.7 Å². The minimum Gasteiger partial charge on any atom is -0.455 e. The van der Waals surface area contributed by atoms with Crippen molar-refractivity contribution in [3.63, 3.8) is 0 Å². The van der Waals surface area contributed by atoms with E-state index in [4.69, 9.17) is 14.2 Å². The Balaban J connectivity index is 1.68. The zero-order chi connectivity index (χ0) is 25.6. The average molecular weight is 485 g/mol. The van der Waals surface area contributed by atoms with Gasteiger partial charge in [-0.05, 0) is 38.5 Å². The molecule has 35 heavy (non-hydrogen) atoms. The molecule has 2 aromatic carbocycles. The predicted octanol–water partition coefficient (Wildman–Crippen LogP) is 3.67. The van der Waals surface area contributed by atoms with Crippen molar-refractivity contribution in [3.05, 3.63) is 75.8 Å². The number of carbonyl (C=O) groups excluding carboxylic acids is 3. The van der Waals surface area contributed by atoms with Crippen LogP contribution in [0.15, 0.2) is 54.6 Å². The summed E-state index contributed by atoms with van der Waals surface area (Å²) >= 11 is 0. The number of nitro benzene ring substituents is 1. The zero-order valence-electron chi connectivity index (χ0n) is 19.6. The fourth-order valence-electron chi connectivity index (χ4n) is 3.35. The van der Waals surface area contributed by atoms with Gasteiger partial charge in [-0.3, -0.25) is 10.1 Å². The third-order valence-corrected chi connectivity index (χ3v) is 5.01. The van der Waals surface area contributed by atoms with Gasteiger partial charge in [-0.25, -0.2) is 14.4 Å². The topological polar surface area (TPSA) is 137 Å². The van der Waals surface area contributed by atoms with Gasteiger partial charge in [0.15, 0.2) is 0 Å². The number of nitrogens with one attached hydrogen (secondary N) is 1. The minimum absolute atomic E-state index is 0.0166. The van der Waals surface area contributed by atoms with Crippen LogP contribution in [0.4, 0.5) is 15.3 Å². The van der Waals surface area contributed by atoms with Gasteiger partial charge in [-0.2, -0.15) is 0 Å². The van der Waals surface area contributed by atoms with Crippen molar-refractivity contribution in [2.24, 2.45) is 0 Å². The molecule has 0 spiro atoms. The summed E-state index contributed by atoms with van der Waals surface area (Å²) in [6.07, 6.45) is -2.24. The number of rotatable bonds is 6. The van der Waals surface area contributed by atoms with Crippen molar-refractivity contribution in [2.75, 3.05) is 13.1 Å². The second kappa shape index (κ2) is 10.9. The molecule has 2 atom stereocenters. The highest BCUT2D eigenvalue weighted by Crippen LogP contribution is 2.20. The zero-order valence-corrected chi connectivity index (χ0v) is 19.6. The summed E-state index contributed by atoms with van der Waals surface area (Å²) in [6, 6.07) is 13.3. The number of alkyl carbamates (subject to hydrolysis) is 1. The van der Waals surface area contributed by atoms with E-state index in [0.717, 1.165) is 5.56 Å². The number of carbonyl (C=O) groups is 3. The van der Waals surface area contributed by atoms with Gasteiger partial charge in [0.05, 0.1) is 23.1 Å². The van der Waals surface area contributed by atoms with E-state index < -0.39 is 40.8 Å². The molecule has 1 heterocycles. The molecule has 0 aliphatic carbocycles. The van der Waals surface area contributed by atoms with Gasteiger partial charge in [-0.15, -0.1) is 0 Å². The van der Waals surface area contributed by atoms with Crippen LogP contribution in [0.25, 0.3) is 0 Å². The molecule has 1 fully saturated rings. The molecule has 1 aliphatic rings. The van der Waals surface area contributed by atoms with Crippen molar-refractivity contribution in [1.29, 1.82) is 0 Å². The molecule has 11 nitrogen and oxygen atoms in total. The summed E-state index contributed by atoms with van der Waals surface area (Å²) in [6.45, 7) is 5.24. The van der Waals surface area contributed by atoms with E-state index in [1.54, 1.807) is 20.8 Å². The Morgan fingerprint density at radius 2 is 1.71 bits per heavy atom. The van der Waals surface area contributed by atoms with E-state index >= 15 is 0 Å². The Bertz CT molecular complexity index is 1070. The Kier molecular flexibility index (Phi) is 7.90. The number of benzene rings is 2. The highest BCUT2D eigenvalue weighted by atomic mass is 16.6. The molecule has 0 bridgehead atoms. The van der Waals surface area contributed by atoms with Crippen molar-refractivity contribution in [1.82, 2.24) is 10.2 Å². The number of likely N-dealkylation sites (tertiary alicyclic amines) is 1.